The maximum Gasteiger partial charge on any atom is 0.278 e. The zero-order chi connectivity index (χ0) is 23.5. The van der Waals surface area contributed by atoms with Gasteiger partial charge in [0.15, 0.2) is 0 Å². The molecule has 0 spiro atoms. The van der Waals surface area contributed by atoms with Crippen LogP contribution in [-0.2, 0) is 13.1 Å². The summed E-state index contributed by atoms with van der Waals surface area (Å²) >= 11 is 0. The molecule has 6 nitrogen and oxygen atoms in total. The van der Waals surface area contributed by atoms with Gasteiger partial charge in [-0.3, -0.25) is 9.48 Å². The van der Waals surface area contributed by atoms with Crippen LogP contribution >= 0.6 is 0 Å². The standard InChI is InChI=1S/C27H28FN5O/c1-2-9-20(10-7-16-32-17-8-15-29-32)18-31-19-22-26(21-11-3-5-13-24(21)31)30-33(27(22)34)25-14-6-4-12-23(25)28/h2-3,5,7-11,13,15,17,19,23,25H,1,4,6,12,14,16,18H2/b10-7-,20-9+/t23?,25-/m1/s1. The number of nitrogens with zero attached hydrogens (tertiary/aromatic N) is 5. The Hall–Kier alpha value is -3.74. The third-order valence-corrected chi connectivity index (χ3v) is 6.48. The van der Waals surface area contributed by atoms with E-state index >= 15 is 0 Å². The molecule has 2 atom stereocenters. The SMILES string of the molecule is C=C/C=C(\C=C/Cn1cccn1)Cn1cc2c(=O)n([C@@H]3CCCCC3F)nc-2c2ccccc21. The lowest BCUT2D eigenvalue weighted by atomic mass is 9.94. The summed E-state index contributed by atoms with van der Waals surface area (Å²) in [6, 6.07) is 9.33. The first-order chi connectivity index (χ1) is 16.7. The lowest BCUT2D eigenvalue weighted by Gasteiger charge is -2.25. The first-order valence-electron chi connectivity index (χ1n) is 11.8. The molecule has 0 bridgehead atoms. The number of fused-ring (bicyclic) bond motifs is 3. The van der Waals surface area contributed by atoms with Crippen LogP contribution in [0.25, 0.3) is 22.2 Å². The molecule has 5 rings (SSSR count). The van der Waals surface area contributed by atoms with Crippen molar-refractivity contribution in [3.63, 3.8) is 0 Å². The van der Waals surface area contributed by atoms with Crippen molar-refractivity contribution in [3.8, 4) is 11.3 Å². The van der Waals surface area contributed by atoms with Crippen molar-refractivity contribution in [1.82, 2.24) is 24.1 Å². The second-order valence-corrected chi connectivity index (χ2v) is 8.76. The minimum absolute atomic E-state index is 0.215. The van der Waals surface area contributed by atoms with E-state index in [4.69, 9.17) is 0 Å². The Morgan fingerprint density at radius 2 is 2.06 bits per heavy atom. The monoisotopic (exact) mass is 457 g/mol. The number of para-hydroxylation sites is 1. The zero-order valence-corrected chi connectivity index (χ0v) is 19.1. The molecule has 174 valence electrons. The molecule has 7 heteroatoms. The van der Waals surface area contributed by atoms with E-state index in [0.29, 0.717) is 37.2 Å². The highest BCUT2D eigenvalue weighted by molar-refractivity contribution is 5.93. The lowest BCUT2D eigenvalue weighted by Crippen LogP contribution is -2.31. The molecule has 1 aliphatic carbocycles. The van der Waals surface area contributed by atoms with Crippen molar-refractivity contribution < 1.29 is 4.39 Å². The van der Waals surface area contributed by atoms with E-state index in [9.17, 15) is 9.18 Å². The van der Waals surface area contributed by atoms with Gasteiger partial charge in [-0.1, -0.05) is 61.9 Å². The van der Waals surface area contributed by atoms with Gasteiger partial charge in [0, 0.05) is 30.5 Å². The second-order valence-electron chi connectivity index (χ2n) is 8.76. The fraction of sp³-hybridized carbons (Fsp3) is 0.296. The predicted molar refractivity (Wildman–Crippen MR) is 133 cm³/mol. The lowest BCUT2D eigenvalue weighted by molar-refractivity contribution is 0.157. The molecular formula is C27H28FN5O. The number of halogens is 1. The number of benzene rings is 1. The highest BCUT2D eigenvalue weighted by Crippen LogP contribution is 2.33. The van der Waals surface area contributed by atoms with E-state index < -0.39 is 12.2 Å². The van der Waals surface area contributed by atoms with Gasteiger partial charge in [-0.05, 0) is 30.5 Å². The molecule has 3 aliphatic rings. The first kappa shape index (κ1) is 22.1. The molecule has 0 saturated heterocycles. The summed E-state index contributed by atoms with van der Waals surface area (Å²) in [6.45, 7) is 5.07. The van der Waals surface area contributed by atoms with Crippen LogP contribution in [0.3, 0.4) is 0 Å². The number of rotatable bonds is 7. The minimum atomic E-state index is -1.03. The molecule has 0 radical (unpaired) electrons. The van der Waals surface area contributed by atoms with Crippen molar-refractivity contribution >= 4 is 10.9 Å². The smallest absolute Gasteiger partial charge is 0.278 e. The second kappa shape index (κ2) is 9.63. The normalized spacial score (nSPS) is 19.4. The molecular weight excluding hydrogens is 429 g/mol. The van der Waals surface area contributed by atoms with E-state index in [-0.39, 0.29) is 5.56 Å². The molecule has 2 aliphatic heterocycles. The van der Waals surface area contributed by atoms with Gasteiger partial charge >= 0.3 is 0 Å². The summed E-state index contributed by atoms with van der Waals surface area (Å²) in [6.07, 6.45) is 15.2. The highest BCUT2D eigenvalue weighted by atomic mass is 19.1. The van der Waals surface area contributed by atoms with Crippen LogP contribution in [-0.4, -0.2) is 30.3 Å². The van der Waals surface area contributed by atoms with Crippen molar-refractivity contribution in [3.05, 3.63) is 95.7 Å². The Kier molecular flexibility index (Phi) is 6.25. The van der Waals surface area contributed by atoms with Crippen LogP contribution < -0.4 is 5.56 Å². The van der Waals surface area contributed by atoms with Crippen molar-refractivity contribution in [2.75, 3.05) is 0 Å². The van der Waals surface area contributed by atoms with Crippen molar-refractivity contribution in [2.45, 2.75) is 51.0 Å². The van der Waals surface area contributed by atoms with E-state index in [1.165, 1.54) is 4.68 Å². The fourth-order valence-electron chi connectivity index (χ4n) is 4.82. The summed E-state index contributed by atoms with van der Waals surface area (Å²) in [5, 5.41) is 9.76. The Bertz CT molecular complexity index is 1380. The molecule has 0 amide bonds. The topological polar surface area (TPSA) is 57.6 Å². The molecule has 1 fully saturated rings. The molecule has 3 heterocycles. The van der Waals surface area contributed by atoms with E-state index in [2.05, 4.69) is 21.3 Å². The number of aromatic nitrogens is 5. The maximum absolute atomic E-state index is 14.7. The van der Waals surface area contributed by atoms with Gasteiger partial charge in [0.25, 0.3) is 5.56 Å². The average Bonchev–Trinajstić information content (AvgIpc) is 3.48. The number of pyridine rings is 1. The molecule has 1 aromatic heterocycles. The van der Waals surface area contributed by atoms with Gasteiger partial charge < -0.3 is 4.57 Å². The summed E-state index contributed by atoms with van der Waals surface area (Å²) in [5.41, 5.74) is 2.95. The molecule has 34 heavy (non-hydrogen) atoms. The molecule has 1 unspecified atom stereocenters. The van der Waals surface area contributed by atoms with Gasteiger partial charge in [0.2, 0.25) is 0 Å². The van der Waals surface area contributed by atoms with Crippen molar-refractivity contribution in [2.24, 2.45) is 0 Å². The third kappa shape index (κ3) is 4.25. The zero-order valence-electron chi connectivity index (χ0n) is 19.1. The number of allylic oxidation sites excluding steroid dienone is 5. The van der Waals surface area contributed by atoms with Gasteiger partial charge in [-0.25, -0.2) is 9.07 Å². The van der Waals surface area contributed by atoms with Crippen molar-refractivity contribution in [1.29, 1.82) is 0 Å². The molecule has 1 saturated carbocycles. The van der Waals surface area contributed by atoms with Crippen LogP contribution in [0, 0.1) is 0 Å². The Morgan fingerprint density at radius 1 is 1.21 bits per heavy atom. The average molecular weight is 458 g/mol. The van der Waals surface area contributed by atoms with E-state index in [1.54, 1.807) is 12.3 Å². The van der Waals surface area contributed by atoms with Gasteiger partial charge in [-0.2, -0.15) is 10.2 Å². The molecule has 2 aromatic rings. The Labute approximate surface area is 197 Å². The van der Waals surface area contributed by atoms with Crippen LogP contribution in [0.1, 0.15) is 31.7 Å². The minimum Gasteiger partial charge on any atom is -0.342 e. The predicted octanol–water partition coefficient (Wildman–Crippen LogP) is 5.32. The van der Waals surface area contributed by atoms with Gasteiger partial charge in [-0.15, -0.1) is 0 Å². The summed E-state index contributed by atoms with van der Waals surface area (Å²) < 4.78 is 20.0. The Balaban J connectivity index is 1.55. The van der Waals surface area contributed by atoms with Crippen LogP contribution in [0.2, 0.25) is 0 Å². The number of alkyl halides is 1. The van der Waals surface area contributed by atoms with E-state index in [0.717, 1.165) is 29.3 Å². The quantitative estimate of drug-likeness (QED) is 0.353. The maximum atomic E-state index is 14.7. The van der Waals surface area contributed by atoms with Gasteiger partial charge in [0.1, 0.15) is 11.9 Å². The summed E-state index contributed by atoms with van der Waals surface area (Å²) in [4.78, 5) is 13.4. The third-order valence-electron chi connectivity index (χ3n) is 6.48. The summed E-state index contributed by atoms with van der Waals surface area (Å²) in [7, 11) is 0. The number of hydrogen-bond donors (Lipinski definition) is 0. The highest BCUT2D eigenvalue weighted by Gasteiger charge is 2.31. The van der Waals surface area contributed by atoms with Crippen LogP contribution in [0.15, 0.2) is 90.2 Å². The largest absolute Gasteiger partial charge is 0.342 e. The fourth-order valence-corrected chi connectivity index (χ4v) is 4.82. The summed E-state index contributed by atoms with van der Waals surface area (Å²) in [5.74, 6) is 0. The number of hydrogen-bond acceptors (Lipinski definition) is 3. The first-order valence-corrected chi connectivity index (χ1v) is 11.8. The van der Waals surface area contributed by atoms with E-state index in [1.807, 2.05) is 65.6 Å². The Morgan fingerprint density at radius 3 is 2.85 bits per heavy atom. The molecule has 0 N–H and O–H groups in total. The molecule has 1 aromatic carbocycles. The van der Waals surface area contributed by atoms with Crippen LogP contribution in [0.5, 0.6) is 0 Å². The van der Waals surface area contributed by atoms with Gasteiger partial charge in [0.05, 0.1) is 23.7 Å². The van der Waals surface area contributed by atoms with Crippen LogP contribution in [0.4, 0.5) is 4.39 Å².